The van der Waals surface area contributed by atoms with Gasteiger partial charge in [-0.3, -0.25) is 0 Å². The van der Waals surface area contributed by atoms with Gasteiger partial charge in [0.2, 0.25) is 5.82 Å². The van der Waals surface area contributed by atoms with Crippen LogP contribution in [0.4, 0.5) is 5.69 Å². The zero-order valence-corrected chi connectivity index (χ0v) is 11.7. The number of benzene rings is 2. The van der Waals surface area contributed by atoms with Crippen molar-refractivity contribution in [2.75, 3.05) is 5.73 Å². The molecule has 0 aliphatic heterocycles. The van der Waals surface area contributed by atoms with Crippen molar-refractivity contribution < 1.29 is 9.26 Å². The molecular weight excluding hydrogens is 290 g/mol. The molecule has 1 aromatic heterocycles. The summed E-state index contributed by atoms with van der Waals surface area (Å²) in [4.78, 5) is 4.27. The molecule has 0 atom stereocenters. The highest BCUT2D eigenvalue weighted by atomic mass is 35.5. The lowest BCUT2D eigenvalue weighted by Crippen LogP contribution is -1.95. The normalized spacial score (nSPS) is 10.5. The van der Waals surface area contributed by atoms with Gasteiger partial charge in [0.25, 0.3) is 5.89 Å². The van der Waals surface area contributed by atoms with Crippen LogP contribution in [-0.4, -0.2) is 10.1 Å². The van der Waals surface area contributed by atoms with E-state index in [-0.39, 0.29) is 6.61 Å². The zero-order valence-electron chi connectivity index (χ0n) is 11.0. The van der Waals surface area contributed by atoms with E-state index in [2.05, 4.69) is 10.1 Å². The average molecular weight is 302 g/mol. The summed E-state index contributed by atoms with van der Waals surface area (Å²) in [6.07, 6.45) is 0. The van der Waals surface area contributed by atoms with Crippen molar-refractivity contribution in [1.29, 1.82) is 0 Å². The highest BCUT2D eigenvalue weighted by Crippen LogP contribution is 2.20. The van der Waals surface area contributed by atoms with E-state index in [4.69, 9.17) is 26.6 Å². The van der Waals surface area contributed by atoms with E-state index < -0.39 is 0 Å². The van der Waals surface area contributed by atoms with Crippen LogP contribution < -0.4 is 10.5 Å². The molecule has 0 aliphatic rings. The highest BCUT2D eigenvalue weighted by Gasteiger charge is 2.09. The number of nitrogens with two attached hydrogens (primary N) is 1. The lowest BCUT2D eigenvalue weighted by atomic mass is 10.2. The Morgan fingerprint density at radius 1 is 1.14 bits per heavy atom. The maximum atomic E-state index is 5.81. The van der Waals surface area contributed by atoms with Crippen molar-refractivity contribution in [3.8, 4) is 17.1 Å². The van der Waals surface area contributed by atoms with Crippen LogP contribution in [0.5, 0.6) is 5.75 Å². The Kier molecular flexibility index (Phi) is 3.75. The van der Waals surface area contributed by atoms with E-state index in [1.165, 1.54) is 0 Å². The van der Waals surface area contributed by atoms with Crippen LogP contribution in [0.15, 0.2) is 53.1 Å². The van der Waals surface area contributed by atoms with Crippen molar-refractivity contribution in [3.05, 3.63) is 59.4 Å². The van der Waals surface area contributed by atoms with Crippen molar-refractivity contribution in [2.45, 2.75) is 6.61 Å². The SMILES string of the molecule is Nc1cccc(-c2noc(COc3ccc(Cl)cc3)n2)c1. The van der Waals surface area contributed by atoms with Gasteiger partial charge in [0.05, 0.1) is 0 Å². The van der Waals surface area contributed by atoms with Crippen molar-refractivity contribution in [1.82, 2.24) is 10.1 Å². The minimum absolute atomic E-state index is 0.191. The van der Waals surface area contributed by atoms with Crippen LogP contribution >= 0.6 is 11.6 Å². The van der Waals surface area contributed by atoms with Gasteiger partial charge in [-0.05, 0) is 36.4 Å². The topological polar surface area (TPSA) is 74.2 Å². The number of ether oxygens (including phenoxy) is 1. The molecule has 0 aliphatic carbocycles. The first-order valence-corrected chi connectivity index (χ1v) is 6.65. The predicted octanol–water partition coefficient (Wildman–Crippen LogP) is 3.55. The molecule has 1 heterocycles. The number of aromatic nitrogens is 2. The summed E-state index contributed by atoms with van der Waals surface area (Å²) in [7, 11) is 0. The van der Waals surface area contributed by atoms with Crippen molar-refractivity contribution in [2.24, 2.45) is 0 Å². The highest BCUT2D eigenvalue weighted by molar-refractivity contribution is 6.30. The molecule has 0 unspecified atom stereocenters. The van der Waals surface area contributed by atoms with Crippen LogP contribution in [0.3, 0.4) is 0 Å². The third kappa shape index (κ3) is 3.32. The minimum Gasteiger partial charge on any atom is -0.484 e. The van der Waals surface area contributed by atoms with E-state index in [0.29, 0.717) is 28.2 Å². The monoisotopic (exact) mass is 301 g/mol. The first-order chi connectivity index (χ1) is 10.2. The van der Waals surface area contributed by atoms with Gasteiger partial charge in [-0.15, -0.1) is 0 Å². The fourth-order valence-electron chi connectivity index (χ4n) is 1.78. The molecule has 2 N–H and O–H groups in total. The second kappa shape index (κ2) is 5.85. The van der Waals surface area contributed by atoms with Crippen LogP contribution in [0, 0.1) is 0 Å². The number of halogens is 1. The fourth-order valence-corrected chi connectivity index (χ4v) is 1.91. The van der Waals surface area contributed by atoms with E-state index in [0.717, 1.165) is 5.56 Å². The summed E-state index contributed by atoms with van der Waals surface area (Å²) in [6, 6.07) is 14.3. The largest absolute Gasteiger partial charge is 0.484 e. The summed E-state index contributed by atoms with van der Waals surface area (Å²) in [5.41, 5.74) is 7.18. The standard InChI is InChI=1S/C15H12ClN3O2/c16-11-4-6-13(7-5-11)20-9-14-18-15(19-21-14)10-2-1-3-12(17)8-10/h1-8H,9,17H2. The summed E-state index contributed by atoms with van der Waals surface area (Å²) in [6.45, 7) is 0.191. The molecule has 106 valence electrons. The molecule has 3 aromatic rings. The Hall–Kier alpha value is -2.53. The second-order valence-corrected chi connectivity index (χ2v) is 4.82. The Bertz CT molecular complexity index is 741. The fraction of sp³-hybridized carbons (Fsp3) is 0.0667. The molecule has 6 heteroatoms. The van der Waals surface area contributed by atoms with Gasteiger partial charge in [-0.1, -0.05) is 28.9 Å². The van der Waals surface area contributed by atoms with E-state index in [1.807, 2.05) is 12.1 Å². The Labute approximate surface area is 126 Å². The third-order valence-corrected chi connectivity index (χ3v) is 3.04. The van der Waals surface area contributed by atoms with E-state index in [9.17, 15) is 0 Å². The number of hydrogen-bond acceptors (Lipinski definition) is 5. The minimum atomic E-state index is 0.191. The van der Waals surface area contributed by atoms with Gasteiger partial charge in [0.1, 0.15) is 5.75 Å². The van der Waals surface area contributed by atoms with Crippen molar-refractivity contribution in [3.63, 3.8) is 0 Å². The lowest BCUT2D eigenvalue weighted by Gasteiger charge is -2.02. The molecule has 0 saturated heterocycles. The Morgan fingerprint density at radius 3 is 2.71 bits per heavy atom. The maximum absolute atomic E-state index is 5.81. The van der Waals surface area contributed by atoms with Gasteiger partial charge in [0.15, 0.2) is 6.61 Å². The summed E-state index contributed by atoms with van der Waals surface area (Å²) in [5, 5.41) is 4.57. The van der Waals surface area contributed by atoms with E-state index in [1.54, 1.807) is 36.4 Å². The van der Waals surface area contributed by atoms with Gasteiger partial charge >= 0.3 is 0 Å². The van der Waals surface area contributed by atoms with Gasteiger partial charge in [-0.2, -0.15) is 4.98 Å². The number of anilines is 1. The molecule has 0 fully saturated rings. The first kappa shape index (κ1) is 13.5. The van der Waals surface area contributed by atoms with Gasteiger partial charge in [-0.25, -0.2) is 0 Å². The lowest BCUT2D eigenvalue weighted by molar-refractivity contribution is 0.243. The number of nitrogens with zero attached hydrogens (tertiary/aromatic N) is 2. The quantitative estimate of drug-likeness (QED) is 0.746. The van der Waals surface area contributed by atoms with Crippen LogP contribution in [-0.2, 0) is 6.61 Å². The van der Waals surface area contributed by atoms with E-state index >= 15 is 0 Å². The molecule has 0 spiro atoms. The zero-order chi connectivity index (χ0) is 14.7. The molecular formula is C15H12ClN3O2. The van der Waals surface area contributed by atoms with Crippen LogP contribution in [0.1, 0.15) is 5.89 Å². The van der Waals surface area contributed by atoms with Crippen LogP contribution in [0.2, 0.25) is 5.02 Å². The number of rotatable bonds is 4. The summed E-state index contributed by atoms with van der Waals surface area (Å²) in [5.74, 6) is 1.56. The first-order valence-electron chi connectivity index (χ1n) is 6.27. The molecule has 0 radical (unpaired) electrons. The molecule has 0 amide bonds. The van der Waals surface area contributed by atoms with Gasteiger partial charge < -0.3 is 15.0 Å². The molecule has 0 saturated carbocycles. The van der Waals surface area contributed by atoms with Gasteiger partial charge in [0, 0.05) is 16.3 Å². The maximum Gasteiger partial charge on any atom is 0.264 e. The Balaban J connectivity index is 1.69. The summed E-state index contributed by atoms with van der Waals surface area (Å²) >= 11 is 5.81. The molecule has 21 heavy (non-hydrogen) atoms. The molecule has 5 nitrogen and oxygen atoms in total. The predicted molar refractivity (Wildman–Crippen MR) is 79.9 cm³/mol. The number of nitrogen functional groups attached to an aromatic ring is 1. The average Bonchev–Trinajstić information content (AvgIpc) is 2.96. The molecule has 3 rings (SSSR count). The molecule has 2 aromatic carbocycles. The summed E-state index contributed by atoms with van der Waals surface area (Å²) < 4.78 is 10.7. The smallest absolute Gasteiger partial charge is 0.264 e. The molecule has 0 bridgehead atoms. The third-order valence-electron chi connectivity index (χ3n) is 2.79. The Morgan fingerprint density at radius 2 is 1.95 bits per heavy atom. The number of hydrogen-bond donors (Lipinski definition) is 1. The second-order valence-electron chi connectivity index (χ2n) is 4.38. The van der Waals surface area contributed by atoms with Crippen LogP contribution in [0.25, 0.3) is 11.4 Å². The van der Waals surface area contributed by atoms with Crippen molar-refractivity contribution >= 4 is 17.3 Å².